The molecule has 0 aliphatic rings. The summed E-state index contributed by atoms with van der Waals surface area (Å²) >= 11 is 0. The van der Waals surface area contributed by atoms with E-state index in [0.717, 1.165) is 12.1 Å². The van der Waals surface area contributed by atoms with Crippen LogP contribution in [0.15, 0.2) is 18.2 Å². The predicted octanol–water partition coefficient (Wildman–Crippen LogP) is 1.12. The lowest BCUT2D eigenvalue weighted by molar-refractivity contribution is -0.387. The number of aliphatic hydroxyl groups excluding tert-OH is 1. The first-order chi connectivity index (χ1) is 7.06. The van der Waals surface area contributed by atoms with Gasteiger partial charge in [-0.15, -0.1) is 0 Å². The molecule has 1 atom stereocenters. The molecule has 3 N–H and O–H groups in total. The van der Waals surface area contributed by atoms with E-state index in [1.807, 2.05) is 0 Å². The maximum absolute atomic E-state index is 12.9. The summed E-state index contributed by atoms with van der Waals surface area (Å²) in [4.78, 5) is 9.59. The molecule has 0 saturated carbocycles. The van der Waals surface area contributed by atoms with Gasteiger partial charge < -0.3 is 10.8 Å². The smallest absolute Gasteiger partial charge is 0.305 e. The first-order valence-electron chi connectivity index (χ1n) is 4.38. The van der Waals surface area contributed by atoms with Crippen molar-refractivity contribution in [2.45, 2.75) is 12.5 Å². The van der Waals surface area contributed by atoms with Gasteiger partial charge in [0.05, 0.1) is 11.0 Å². The SMILES string of the molecule is NCC[C@H](O)c1ccc(F)c([N+](=O)[O-])c1. The van der Waals surface area contributed by atoms with Crippen LogP contribution in [0, 0.1) is 15.9 Å². The van der Waals surface area contributed by atoms with E-state index >= 15 is 0 Å². The van der Waals surface area contributed by atoms with Crippen LogP contribution in [-0.4, -0.2) is 16.6 Å². The van der Waals surface area contributed by atoms with Crippen LogP contribution in [0.5, 0.6) is 0 Å². The summed E-state index contributed by atoms with van der Waals surface area (Å²) in [6, 6.07) is 3.30. The number of nitrogens with zero attached hydrogens (tertiary/aromatic N) is 1. The molecule has 0 saturated heterocycles. The van der Waals surface area contributed by atoms with Gasteiger partial charge in [0.25, 0.3) is 0 Å². The highest BCUT2D eigenvalue weighted by Crippen LogP contribution is 2.23. The summed E-state index contributed by atoms with van der Waals surface area (Å²) in [6.07, 6.45) is -0.614. The molecule has 5 nitrogen and oxygen atoms in total. The molecule has 0 fully saturated rings. The maximum atomic E-state index is 12.9. The average Bonchev–Trinajstić information content (AvgIpc) is 2.18. The zero-order valence-corrected chi connectivity index (χ0v) is 7.89. The van der Waals surface area contributed by atoms with Crippen LogP contribution in [0.2, 0.25) is 0 Å². The van der Waals surface area contributed by atoms with Gasteiger partial charge in [-0.2, -0.15) is 4.39 Å². The lowest BCUT2D eigenvalue weighted by Gasteiger charge is -2.08. The summed E-state index contributed by atoms with van der Waals surface area (Å²) in [5, 5.41) is 19.9. The number of nitro groups is 1. The number of benzene rings is 1. The van der Waals surface area contributed by atoms with E-state index in [1.54, 1.807) is 0 Å². The van der Waals surface area contributed by atoms with Gasteiger partial charge in [0.15, 0.2) is 0 Å². The highest BCUT2D eigenvalue weighted by molar-refractivity contribution is 5.37. The van der Waals surface area contributed by atoms with Gasteiger partial charge in [-0.25, -0.2) is 0 Å². The summed E-state index contributed by atoms with van der Waals surface area (Å²) in [6.45, 7) is 0.256. The molecule has 0 radical (unpaired) electrons. The quantitative estimate of drug-likeness (QED) is 0.580. The normalized spacial score (nSPS) is 12.5. The molecule has 15 heavy (non-hydrogen) atoms. The zero-order chi connectivity index (χ0) is 11.4. The Morgan fingerprint density at radius 3 is 2.80 bits per heavy atom. The second-order valence-electron chi connectivity index (χ2n) is 3.06. The first kappa shape index (κ1) is 11.5. The number of nitrogens with two attached hydrogens (primary N) is 1. The fraction of sp³-hybridized carbons (Fsp3) is 0.333. The highest BCUT2D eigenvalue weighted by atomic mass is 19.1. The largest absolute Gasteiger partial charge is 0.388 e. The third-order valence-electron chi connectivity index (χ3n) is 1.99. The summed E-state index contributed by atoms with van der Waals surface area (Å²) in [5.74, 6) is -0.913. The van der Waals surface area contributed by atoms with E-state index in [-0.39, 0.29) is 13.0 Å². The van der Waals surface area contributed by atoms with Crippen molar-refractivity contribution in [3.05, 3.63) is 39.7 Å². The zero-order valence-electron chi connectivity index (χ0n) is 7.89. The topological polar surface area (TPSA) is 89.4 Å². The van der Waals surface area contributed by atoms with E-state index in [0.29, 0.717) is 5.56 Å². The fourth-order valence-corrected chi connectivity index (χ4v) is 1.20. The molecule has 0 spiro atoms. The van der Waals surface area contributed by atoms with Gasteiger partial charge in [0, 0.05) is 6.07 Å². The molecule has 0 amide bonds. The van der Waals surface area contributed by atoms with Crippen molar-refractivity contribution < 1.29 is 14.4 Å². The van der Waals surface area contributed by atoms with E-state index in [4.69, 9.17) is 5.73 Å². The number of hydrogen-bond donors (Lipinski definition) is 2. The monoisotopic (exact) mass is 214 g/mol. The van der Waals surface area contributed by atoms with E-state index < -0.39 is 22.5 Å². The minimum Gasteiger partial charge on any atom is -0.388 e. The van der Waals surface area contributed by atoms with Crippen LogP contribution >= 0.6 is 0 Å². The van der Waals surface area contributed by atoms with Gasteiger partial charge in [-0.3, -0.25) is 10.1 Å². The van der Waals surface area contributed by atoms with E-state index in [1.165, 1.54) is 6.07 Å². The average molecular weight is 214 g/mol. The van der Waals surface area contributed by atoms with E-state index in [9.17, 15) is 19.6 Å². The van der Waals surface area contributed by atoms with Gasteiger partial charge in [0.1, 0.15) is 0 Å². The highest BCUT2D eigenvalue weighted by Gasteiger charge is 2.17. The Labute approximate surface area is 85.5 Å². The van der Waals surface area contributed by atoms with Crippen LogP contribution in [0.25, 0.3) is 0 Å². The first-order valence-corrected chi connectivity index (χ1v) is 4.38. The Morgan fingerprint density at radius 1 is 1.60 bits per heavy atom. The number of rotatable bonds is 4. The van der Waals surface area contributed by atoms with Gasteiger partial charge in [-0.05, 0) is 24.6 Å². The van der Waals surface area contributed by atoms with Crippen LogP contribution in [0.1, 0.15) is 18.1 Å². The van der Waals surface area contributed by atoms with Crippen molar-refractivity contribution in [1.82, 2.24) is 0 Å². The van der Waals surface area contributed by atoms with Crippen molar-refractivity contribution in [2.75, 3.05) is 6.54 Å². The molecule has 0 aromatic heterocycles. The molecule has 1 aromatic carbocycles. The number of halogens is 1. The second-order valence-corrected chi connectivity index (χ2v) is 3.06. The van der Waals surface area contributed by atoms with Gasteiger partial charge in [0.2, 0.25) is 5.82 Å². The number of nitro benzene ring substituents is 1. The standard InChI is InChI=1S/C9H11FN2O3/c10-7-2-1-6(9(13)3-4-11)5-8(7)12(14)15/h1-2,5,9,13H,3-4,11H2/t9-/m0/s1. The van der Waals surface area contributed by atoms with Gasteiger partial charge >= 0.3 is 5.69 Å². The summed E-state index contributed by atoms with van der Waals surface area (Å²) < 4.78 is 12.9. The minimum absolute atomic E-state index is 0.256. The molecular formula is C9H11FN2O3. The predicted molar refractivity (Wildman–Crippen MR) is 51.7 cm³/mol. The molecule has 0 unspecified atom stereocenters. The summed E-state index contributed by atoms with van der Waals surface area (Å²) in [7, 11) is 0. The van der Waals surface area contributed by atoms with Crippen molar-refractivity contribution in [1.29, 1.82) is 0 Å². The second kappa shape index (κ2) is 4.81. The van der Waals surface area contributed by atoms with Crippen LogP contribution in [0.3, 0.4) is 0 Å². The Bertz CT molecular complexity index is 370. The molecule has 1 aromatic rings. The third kappa shape index (κ3) is 2.71. The molecular weight excluding hydrogens is 203 g/mol. The molecule has 6 heteroatoms. The molecule has 0 aliphatic carbocycles. The van der Waals surface area contributed by atoms with Crippen molar-refractivity contribution in [2.24, 2.45) is 5.73 Å². The van der Waals surface area contributed by atoms with Crippen LogP contribution in [-0.2, 0) is 0 Å². The van der Waals surface area contributed by atoms with Crippen LogP contribution in [0.4, 0.5) is 10.1 Å². The van der Waals surface area contributed by atoms with Crippen LogP contribution < -0.4 is 5.73 Å². The number of aliphatic hydroxyl groups is 1. The molecule has 0 heterocycles. The molecule has 0 aliphatic heterocycles. The fourth-order valence-electron chi connectivity index (χ4n) is 1.20. The molecule has 0 bridgehead atoms. The minimum atomic E-state index is -0.913. The lowest BCUT2D eigenvalue weighted by atomic mass is 10.1. The van der Waals surface area contributed by atoms with E-state index in [2.05, 4.69) is 0 Å². The lowest BCUT2D eigenvalue weighted by Crippen LogP contribution is -2.07. The molecule has 82 valence electrons. The third-order valence-corrected chi connectivity index (χ3v) is 1.99. The Balaban J connectivity index is 3.02. The van der Waals surface area contributed by atoms with Crippen molar-refractivity contribution in [3.8, 4) is 0 Å². The maximum Gasteiger partial charge on any atom is 0.305 e. The van der Waals surface area contributed by atoms with Gasteiger partial charge in [-0.1, -0.05) is 6.07 Å². The van der Waals surface area contributed by atoms with Crippen molar-refractivity contribution in [3.63, 3.8) is 0 Å². The number of hydrogen-bond acceptors (Lipinski definition) is 4. The summed E-state index contributed by atoms with van der Waals surface area (Å²) in [5.41, 5.74) is 4.89. The Kier molecular flexibility index (Phi) is 3.70. The Morgan fingerprint density at radius 2 is 2.27 bits per heavy atom. The Hall–Kier alpha value is -1.53. The van der Waals surface area contributed by atoms with Crippen molar-refractivity contribution >= 4 is 5.69 Å². The molecule has 1 rings (SSSR count).